The number of amides is 1. The van der Waals surface area contributed by atoms with E-state index in [-0.39, 0.29) is 18.9 Å². The van der Waals surface area contributed by atoms with Gasteiger partial charge in [-0.1, -0.05) is 37.3 Å². The molecule has 25 heavy (non-hydrogen) atoms. The van der Waals surface area contributed by atoms with Gasteiger partial charge in [-0.15, -0.1) is 0 Å². The van der Waals surface area contributed by atoms with E-state index in [1.165, 1.54) is 0 Å². The van der Waals surface area contributed by atoms with Gasteiger partial charge in [-0.2, -0.15) is 0 Å². The Bertz CT molecular complexity index is 569. The predicted molar refractivity (Wildman–Crippen MR) is 109 cm³/mol. The molecule has 0 heterocycles. The molecule has 0 radical (unpaired) electrons. The maximum Gasteiger partial charge on any atom is 0.218 e. The molecule has 8 heteroatoms. The Hall–Kier alpha value is -1.30. The highest BCUT2D eigenvalue weighted by atomic mass is 35.5. The van der Waals surface area contributed by atoms with Crippen molar-refractivity contribution in [2.45, 2.75) is 32.2 Å². The molecule has 140 valence electrons. The van der Waals surface area contributed by atoms with Crippen molar-refractivity contribution in [2.24, 2.45) is 10.7 Å². The summed E-state index contributed by atoms with van der Waals surface area (Å²) >= 11 is 5.81. The molecule has 6 nitrogen and oxygen atoms in total. The van der Waals surface area contributed by atoms with Crippen LogP contribution in [0.5, 0.6) is 0 Å². The van der Waals surface area contributed by atoms with E-state index in [2.05, 4.69) is 22.2 Å². The number of nitrogens with zero attached hydrogens (tertiary/aromatic N) is 1. The average molecular weight is 387 g/mol. The van der Waals surface area contributed by atoms with Crippen LogP contribution in [0.4, 0.5) is 0 Å². The van der Waals surface area contributed by atoms with Crippen molar-refractivity contribution in [3.63, 3.8) is 0 Å². The molecular formula is C17H28ClN4O2P. The minimum Gasteiger partial charge on any atom is -0.370 e. The number of hydrogen-bond donors (Lipinski definition) is 4. The fourth-order valence-corrected chi connectivity index (χ4v) is 2.66. The Morgan fingerprint density at radius 1 is 1.48 bits per heavy atom. The molecule has 0 aliphatic carbocycles. The standard InChI is InChI=1S/C17H28ClN4O2P/c1-5-14(8-7-13(3)18)11-22-16(6-2)25-17(24,20-4)12-21-10-9-15(19)23/h5,7-8,11,20-21,24H,1,6,9-10,12H2,2-4H3,(H2,19,23)/b13-7+,14-8+,22-11?. The van der Waals surface area contributed by atoms with Gasteiger partial charge >= 0.3 is 0 Å². The van der Waals surface area contributed by atoms with Crippen molar-refractivity contribution in [2.75, 3.05) is 20.1 Å². The Morgan fingerprint density at radius 2 is 2.16 bits per heavy atom. The van der Waals surface area contributed by atoms with Gasteiger partial charge in [-0.3, -0.25) is 15.1 Å². The van der Waals surface area contributed by atoms with Crippen LogP contribution in [0.3, 0.4) is 0 Å². The number of aliphatic hydroxyl groups is 1. The number of nitrogens with one attached hydrogen (secondary N) is 2. The Morgan fingerprint density at radius 3 is 2.64 bits per heavy atom. The lowest BCUT2D eigenvalue weighted by atomic mass is 10.2. The van der Waals surface area contributed by atoms with Crippen molar-refractivity contribution in [3.8, 4) is 0 Å². The van der Waals surface area contributed by atoms with Crippen LogP contribution in [0.1, 0.15) is 26.7 Å². The summed E-state index contributed by atoms with van der Waals surface area (Å²) in [5.74, 6) is -0.381. The Kier molecular flexibility index (Phi) is 12.3. The highest BCUT2D eigenvalue weighted by molar-refractivity contribution is 7.42. The molecule has 1 amide bonds. The third kappa shape index (κ3) is 11.8. The lowest BCUT2D eigenvalue weighted by Gasteiger charge is -2.24. The minimum atomic E-state index is -1.19. The van der Waals surface area contributed by atoms with Crippen molar-refractivity contribution in [1.29, 1.82) is 0 Å². The third-order valence-electron chi connectivity index (χ3n) is 3.05. The summed E-state index contributed by atoms with van der Waals surface area (Å²) in [6, 6.07) is 0. The fourth-order valence-electron chi connectivity index (χ4n) is 1.59. The van der Waals surface area contributed by atoms with Crippen molar-refractivity contribution in [3.05, 3.63) is 35.4 Å². The van der Waals surface area contributed by atoms with E-state index in [4.69, 9.17) is 17.3 Å². The predicted octanol–water partition coefficient (Wildman–Crippen LogP) is 2.13. The van der Waals surface area contributed by atoms with E-state index >= 15 is 0 Å². The number of aliphatic imine (C=N–C) groups is 1. The zero-order valence-corrected chi connectivity index (χ0v) is 16.7. The van der Waals surface area contributed by atoms with E-state index in [1.54, 1.807) is 32.3 Å². The van der Waals surface area contributed by atoms with E-state index in [1.807, 2.05) is 13.0 Å². The summed E-state index contributed by atoms with van der Waals surface area (Å²) in [7, 11) is 2.30. The number of allylic oxidation sites excluding steroid dienone is 5. The summed E-state index contributed by atoms with van der Waals surface area (Å²) in [6.45, 7) is 8.17. The van der Waals surface area contributed by atoms with Crippen molar-refractivity contribution >= 4 is 37.3 Å². The second-order valence-electron chi connectivity index (χ2n) is 5.22. The first kappa shape index (κ1) is 23.7. The molecule has 0 bridgehead atoms. The van der Waals surface area contributed by atoms with Crippen LogP contribution in [-0.4, -0.2) is 48.2 Å². The summed E-state index contributed by atoms with van der Waals surface area (Å²) in [5, 5.41) is 17.2. The smallest absolute Gasteiger partial charge is 0.218 e. The normalized spacial score (nSPS) is 16.1. The van der Waals surface area contributed by atoms with Gasteiger partial charge in [0.15, 0.2) is 5.47 Å². The SMILES string of the molecule is C=C/C(C=NC(CC)=PC(O)(CNCCC(N)=O)NC)=C\C=C(/C)Cl. The number of halogens is 1. The zero-order chi connectivity index (χ0) is 19.3. The quantitative estimate of drug-likeness (QED) is 0.136. The van der Waals surface area contributed by atoms with Crippen molar-refractivity contribution < 1.29 is 9.90 Å². The van der Waals surface area contributed by atoms with Crippen LogP contribution >= 0.6 is 19.8 Å². The first-order valence-corrected chi connectivity index (χ1v) is 9.23. The summed E-state index contributed by atoms with van der Waals surface area (Å²) in [6.07, 6.45) is 7.85. The maximum absolute atomic E-state index is 10.7. The van der Waals surface area contributed by atoms with Gasteiger partial charge in [-0.25, -0.2) is 0 Å². The molecule has 5 N–H and O–H groups in total. The molecule has 0 saturated heterocycles. The maximum atomic E-state index is 10.7. The molecule has 0 aromatic heterocycles. The molecule has 0 aliphatic rings. The number of carbonyl (C=O) groups excluding carboxylic acids is 1. The van der Waals surface area contributed by atoms with Gasteiger partial charge in [-0.05, 0) is 40.2 Å². The van der Waals surface area contributed by atoms with Crippen LogP contribution in [0.15, 0.2) is 40.4 Å². The number of rotatable bonds is 12. The van der Waals surface area contributed by atoms with Crippen LogP contribution < -0.4 is 16.4 Å². The molecule has 0 spiro atoms. The van der Waals surface area contributed by atoms with Gasteiger partial charge in [0.2, 0.25) is 5.91 Å². The van der Waals surface area contributed by atoms with Crippen LogP contribution in [0.25, 0.3) is 0 Å². The molecule has 0 aromatic carbocycles. The molecule has 0 rings (SSSR count). The number of carbonyl (C=O) groups is 1. The Labute approximate surface area is 156 Å². The first-order chi connectivity index (χ1) is 11.8. The van der Waals surface area contributed by atoms with E-state index in [9.17, 15) is 9.90 Å². The van der Waals surface area contributed by atoms with E-state index in [0.717, 1.165) is 11.0 Å². The van der Waals surface area contributed by atoms with Crippen LogP contribution in [0.2, 0.25) is 0 Å². The molecule has 0 aliphatic heterocycles. The van der Waals surface area contributed by atoms with Crippen LogP contribution in [0, 0.1) is 0 Å². The third-order valence-corrected chi connectivity index (χ3v) is 4.62. The van der Waals surface area contributed by atoms with Gasteiger partial charge in [0.05, 0.1) is 5.42 Å². The summed E-state index contributed by atoms with van der Waals surface area (Å²) < 4.78 is 0. The lowest BCUT2D eigenvalue weighted by molar-refractivity contribution is -0.117. The largest absolute Gasteiger partial charge is 0.370 e. The van der Waals surface area contributed by atoms with Gasteiger partial charge < -0.3 is 16.2 Å². The van der Waals surface area contributed by atoms with Gasteiger partial charge in [0, 0.05) is 30.8 Å². The van der Waals surface area contributed by atoms with Gasteiger partial charge in [0.25, 0.3) is 0 Å². The van der Waals surface area contributed by atoms with E-state index < -0.39 is 5.47 Å². The molecule has 1 atom stereocenters. The monoisotopic (exact) mass is 386 g/mol. The van der Waals surface area contributed by atoms with Crippen LogP contribution in [-0.2, 0) is 4.79 Å². The minimum absolute atomic E-state index is 0.222. The fraction of sp³-hybridized carbons (Fsp3) is 0.471. The molecule has 0 fully saturated rings. The lowest BCUT2D eigenvalue weighted by Crippen LogP contribution is -2.47. The average Bonchev–Trinajstić information content (AvgIpc) is 2.57. The molecular weight excluding hydrogens is 359 g/mol. The second-order valence-corrected chi connectivity index (χ2v) is 7.30. The highest BCUT2D eigenvalue weighted by Gasteiger charge is 2.22. The number of primary amides is 1. The number of hydrogen-bond acceptors (Lipinski definition) is 4. The van der Waals surface area contributed by atoms with Crippen molar-refractivity contribution in [1.82, 2.24) is 10.6 Å². The van der Waals surface area contributed by atoms with Gasteiger partial charge in [0.1, 0.15) is 0 Å². The molecule has 1 unspecified atom stereocenters. The topological polar surface area (TPSA) is 99.7 Å². The highest BCUT2D eigenvalue weighted by Crippen LogP contribution is 2.20. The Balaban J connectivity index is 5.09. The second kappa shape index (κ2) is 13.0. The number of likely N-dealkylation sites (N-methyl/N-ethyl adjacent to an activating group) is 1. The molecule has 0 aromatic rings. The molecule has 0 saturated carbocycles. The zero-order valence-electron chi connectivity index (χ0n) is 15.1. The van der Waals surface area contributed by atoms with E-state index in [0.29, 0.717) is 26.2 Å². The first-order valence-electron chi connectivity index (χ1n) is 7.96. The number of nitrogens with two attached hydrogens (primary N) is 1. The summed E-state index contributed by atoms with van der Waals surface area (Å²) in [4.78, 5) is 15.2. The summed E-state index contributed by atoms with van der Waals surface area (Å²) in [5.41, 5.74) is 5.52.